The first-order valence-corrected chi connectivity index (χ1v) is 5.38. The van der Waals surface area contributed by atoms with Gasteiger partial charge in [-0.05, 0) is 19.1 Å². The van der Waals surface area contributed by atoms with Gasteiger partial charge in [-0.1, -0.05) is 0 Å². The lowest BCUT2D eigenvalue weighted by atomic mass is 10.1. The summed E-state index contributed by atoms with van der Waals surface area (Å²) in [5, 5.41) is 11.2. The summed E-state index contributed by atoms with van der Waals surface area (Å²) in [5.41, 5.74) is 1.72. The third-order valence-electron chi connectivity index (χ3n) is 2.53. The van der Waals surface area contributed by atoms with Crippen molar-refractivity contribution in [1.29, 1.82) is 0 Å². The fourth-order valence-electron chi connectivity index (χ4n) is 1.48. The topological polar surface area (TPSA) is 92.4 Å². The van der Waals surface area contributed by atoms with Gasteiger partial charge < -0.3 is 14.8 Å². The SMILES string of the molecule is Cc1nc2ccc(NC(=O)C(C)C(=O)O)cc2o1. The Labute approximate surface area is 103 Å². The average molecular weight is 248 g/mol. The molecule has 2 rings (SSSR count). The molecule has 0 spiro atoms. The van der Waals surface area contributed by atoms with E-state index >= 15 is 0 Å². The molecule has 0 fully saturated rings. The molecule has 6 nitrogen and oxygen atoms in total. The molecule has 6 heteroatoms. The van der Waals surface area contributed by atoms with Gasteiger partial charge in [-0.2, -0.15) is 0 Å². The number of nitrogens with zero attached hydrogens (tertiary/aromatic N) is 1. The van der Waals surface area contributed by atoms with E-state index in [1.54, 1.807) is 25.1 Å². The zero-order chi connectivity index (χ0) is 13.3. The van der Waals surface area contributed by atoms with Crippen LogP contribution in [0, 0.1) is 12.8 Å². The maximum atomic E-state index is 11.6. The van der Waals surface area contributed by atoms with Gasteiger partial charge in [0.25, 0.3) is 0 Å². The standard InChI is InChI=1S/C12H12N2O4/c1-6(12(16)17)11(15)14-8-3-4-9-10(5-8)18-7(2)13-9/h3-6H,1-2H3,(H,14,15)(H,16,17). The summed E-state index contributed by atoms with van der Waals surface area (Å²) in [6, 6.07) is 4.96. The van der Waals surface area contributed by atoms with Gasteiger partial charge in [0.2, 0.25) is 5.91 Å². The van der Waals surface area contributed by atoms with Crippen molar-refractivity contribution in [2.24, 2.45) is 5.92 Å². The molecule has 2 N–H and O–H groups in total. The number of hydrogen-bond acceptors (Lipinski definition) is 4. The molecule has 18 heavy (non-hydrogen) atoms. The second-order valence-electron chi connectivity index (χ2n) is 3.96. The molecule has 0 aliphatic rings. The van der Waals surface area contributed by atoms with Crippen LogP contribution < -0.4 is 5.32 Å². The predicted molar refractivity (Wildman–Crippen MR) is 64.2 cm³/mol. The van der Waals surface area contributed by atoms with Crippen LogP contribution >= 0.6 is 0 Å². The molecule has 94 valence electrons. The van der Waals surface area contributed by atoms with Crippen molar-refractivity contribution >= 4 is 28.7 Å². The van der Waals surface area contributed by atoms with E-state index in [2.05, 4.69) is 10.3 Å². The lowest BCUT2D eigenvalue weighted by molar-refractivity contribution is -0.144. The van der Waals surface area contributed by atoms with Crippen LogP contribution in [-0.2, 0) is 9.59 Å². The zero-order valence-corrected chi connectivity index (χ0v) is 9.93. The largest absolute Gasteiger partial charge is 0.481 e. The highest BCUT2D eigenvalue weighted by Gasteiger charge is 2.20. The minimum Gasteiger partial charge on any atom is -0.481 e. The van der Waals surface area contributed by atoms with Gasteiger partial charge in [-0.25, -0.2) is 4.98 Å². The van der Waals surface area contributed by atoms with Crippen molar-refractivity contribution in [2.75, 3.05) is 5.32 Å². The van der Waals surface area contributed by atoms with E-state index < -0.39 is 17.8 Å². The van der Waals surface area contributed by atoms with Crippen LogP contribution in [0.25, 0.3) is 11.1 Å². The van der Waals surface area contributed by atoms with E-state index in [1.807, 2.05) is 0 Å². The Morgan fingerprint density at radius 2 is 2.17 bits per heavy atom. The first kappa shape index (κ1) is 12.1. The van der Waals surface area contributed by atoms with Crippen molar-refractivity contribution in [3.8, 4) is 0 Å². The van der Waals surface area contributed by atoms with E-state index in [-0.39, 0.29) is 0 Å². The second kappa shape index (κ2) is 4.48. The quantitative estimate of drug-likeness (QED) is 0.808. The minimum atomic E-state index is -1.16. The molecule has 1 atom stereocenters. The maximum absolute atomic E-state index is 11.6. The molecule has 1 heterocycles. The van der Waals surface area contributed by atoms with Gasteiger partial charge in [0, 0.05) is 18.7 Å². The van der Waals surface area contributed by atoms with E-state index in [9.17, 15) is 9.59 Å². The molecule has 1 aromatic carbocycles. The first-order valence-electron chi connectivity index (χ1n) is 5.38. The Morgan fingerprint density at radius 1 is 1.44 bits per heavy atom. The number of oxazole rings is 1. The number of amides is 1. The van der Waals surface area contributed by atoms with E-state index in [0.717, 1.165) is 0 Å². The number of anilines is 1. The lowest BCUT2D eigenvalue weighted by Crippen LogP contribution is -2.26. The average Bonchev–Trinajstić information content (AvgIpc) is 2.67. The summed E-state index contributed by atoms with van der Waals surface area (Å²) in [6.07, 6.45) is 0. The van der Waals surface area contributed by atoms with Crippen LogP contribution in [-0.4, -0.2) is 22.0 Å². The van der Waals surface area contributed by atoms with Crippen LogP contribution in [0.5, 0.6) is 0 Å². The van der Waals surface area contributed by atoms with Gasteiger partial charge in [-0.3, -0.25) is 9.59 Å². The van der Waals surface area contributed by atoms with Crippen molar-refractivity contribution in [2.45, 2.75) is 13.8 Å². The van der Waals surface area contributed by atoms with Crippen molar-refractivity contribution in [3.05, 3.63) is 24.1 Å². The Bertz CT molecular complexity index is 618. The molecule has 0 radical (unpaired) electrons. The minimum absolute atomic E-state index is 0.483. The summed E-state index contributed by atoms with van der Waals surface area (Å²) in [6.45, 7) is 3.06. The Morgan fingerprint density at radius 3 is 2.83 bits per heavy atom. The van der Waals surface area contributed by atoms with E-state index in [4.69, 9.17) is 9.52 Å². The van der Waals surface area contributed by atoms with Gasteiger partial charge in [0.05, 0.1) is 0 Å². The smallest absolute Gasteiger partial charge is 0.315 e. The number of aromatic nitrogens is 1. The first-order chi connectivity index (χ1) is 8.47. The van der Waals surface area contributed by atoms with Crippen molar-refractivity contribution in [3.63, 3.8) is 0 Å². The third-order valence-corrected chi connectivity index (χ3v) is 2.53. The molecule has 2 aromatic rings. The maximum Gasteiger partial charge on any atom is 0.315 e. The molecule has 0 saturated heterocycles. The molecular formula is C12H12N2O4. The molecule has 0 aliphatic heterocycles. The number of carbonyl (C=O) groups is 2. The van der Waals surface area contributed by atoms with Gasteiger partial charge >= 0.3 is 5.97 Å². The number of carboxylic acids is 1. The van der Waals surface area contributed by atoms with Gasteiger partial charge in [0.15, 0.2) is 11.5 Å². The zero-order valence-electron chi connectivity index (χ0n) is 9.93. The number of aliphatic carboxylic acids is 1. The molecule has 1 aromatic heterocycles. The lowest BCUT2D eigenvalue weighted by Gasteiger charge is -2.07. The Balaban J connectivity index is 2.21. The highest BCUT2D eigenvalue weighted by Crippen LogP contribution is 2.20. The number of carbonyl (C=O) groups excluding carboxylic acids is 1. The summed E-state index contributed by atoms with van der Waals surface area (Å²) in [5.74, 6) is -2.30. The van der Waals surface area contributed by atoms with Gasteiger partial charge in [-0.15, -0.1) is 0 Å². The van der Waals surface area contributed by atoms with Crippen LogP contribution in [0.15, 0.2) is 22.6 Å². The number of aryl methyl sites for hydroxylation is 1. The Hall–Kier alpha value is -2.37. The van der Waals surface area contributed by atoms with Crippen LogP contribution in [0.3, 0.4) is 0 Å². The summed E-state index contributed by atoms with van der Waals surface area (Å²) < 4.78 is 5.32. The van der Waals surface area contributed by atoms with E-state index in [1.165, 1.54) is 6.92 Å². The predicted octanol–water partition coefficient (Wildman–Crippen LogP) is 1.80. The second-order valence-corrected chi connectivity index (χ2v) is 3.96. The van der Waals surface area contributed by atoms with Crippen molar-refractivity contribution < 1.29 is 19.1 Å². The normalized spacial score (nSPS) is 12.3. The summed E-state index contributed by atoms with van der Waals surface area (Å²) in [7, 11) is 0. The molecule has 1 unspecified atom stereocenters. The number of benzene rings is 1. The van der Waals surface area contributed by atoms with Crippen LogP contribution in [0.1, 0.15) is 12.8 Å². The molecule has 0 bridgehead atoms. The van der Waals surface area contributed by atoms with Gasteiger partial charge in [0.1, 0.15) is 11.4 Å². The third kappa shape index (κ3) is 2.32. The van der Waals surface area contributed by atoms with Crippen molar-refractivity contribution in [1.82, 2.24) is 4.98 Å². The highest BCUT2D eigenvalue weighted by molar-refractivity contribution is 6.04. The summed E-state index contributed by atoms with van der Waals surface area (Å²) >= 11 is 0. The fraction of sp³-hybridized carbons (Fsp3) is 0.250. The highest BCUT2D eigenvalue weighted by atomic mass is 16.4. The van der Waals surface area contributed by atoms with Crippen LogP contribution in [0.4, 0.5) is 5.69 Å². The molecule has 1 amide bonds. The number of fused-ring (bicyclic) bond motifs is 1. The molecule has 0 saturated carbocycles. The fourth-order valence-corrected chi connectivity index (χ4v) is 1.48. The molecule has 0 aliphatic carbocycles. The van der Waals surface area contributed by atoms with E-state index in [0.29, 0.717) is 22.7 Å². The number of nitrogens with one attached hydrogen (secondary N) is 1. The monoisotopic (exact) mass is 248 g/mol. The number of rotatable bonds is 3. The Kier molecular flexibility index (Phi) is 3.01. The summed E-state index contributed by atoms with van der Waals surface area (Å²) in [4.78, 5) is 26.3. The number of carboxylic acid groups (broad SMARTS) is 1. The van der Waals surface area contributed by atoms with Crippen LogP contribution in [0.2, 0.25) is 0 Å². The molecular weight excluding hydrogens is 236 g/mol. The number of hydrogen-bond donors (Lipinski definition) is 2.